The Labute approximate surface area is 263 Å². The van der Waals surface area contributed by atoms with E-state index in [0.29, 0.717) is 32.5 Å². The van der Waals surface area contributed by atoms with E-state index >= 15 is 0 Å². The lowest BCUT2D eigenvalue weighted by atomic mass is 9.75. The summed E-state index contributed by atoms with van der Waals surface area (Å²) >= 11 is 0. The number of ether oxygens (including phenoxy) is 2. The smallest absolute Gasteiger partial charge is 0.404 e. The third-order valence-corrected chi connectivity index (χ3v) is 9.02. The van der Waals surface area contributed by atoms with Crippen molar-refractivity contribution < 1.29 is 23.9 Å². The number of hydrogen-bond acceptors (Lipinski definition) is 5. The van der Waals surface area contributed by atoms with Gasteiger partial charge in [-0.25, -0.2) is 4.79 Å². The first kappa shape index (κ1) is 29.9. The number of esters is 1. The van der Waals surface area contributed by atoms with Gasteiger partial charge in [0.15, 0.2) is 0 Å². The molecular weight excluding hydrogens is 564 g/mol. The van der Waals surface area contributed by atoms with Crippen molar-refractivity contribution in [3.05, 3.63) is 138 Å². The predicted molar refractivity (Wildman–Crippen MR) is 173 cm³/mol. The van der Waals surface area contributed by atoms with Gasteiger partial charge in [0.25, 0.3) is 0 Å². The minimum atomic E-state index is -0.725. The largest absolute Gasteiger partial charge is 0.465 e. The zero-order valence-corrected chi connectivity index (χ0v) is 25.0. The average molecular weight is 601 g/mol. The van der Waals surface area contributed by atoms with Crippen LogP contribution in [0.3, 0.4) is 0 Å². The molecule has 1 saturated carbocycles. The van der Waals surface area contributed by atoms with E-state index in [9.17, 15) is 14.4 Å². The topological polar surface area (TPSA) is 108 Å². The van der Waals surface area contributed by atoms with Crippen LogP contribution in [0.15, 0.2) is 115 Å². The average Bonchev–Trinajstić information content (AvgIpc) is 3.64. The van der Waals surface area contributed by atoms with Crippen LogP contribution in [0.5, 0.6) is 0 Å². The Balaban J connectivity index is 0.000000172. The first-order chi connectivity index (χ1) is 21.8. The van der Waals surface area contributed by atoms with Crippen LogP contribution < -0.4 is 11.1 Å². The fraction of sp³-hybridized carbons (Fsp3) is 0.237. The number of rotatable bonds is 7. The van der Waals surface area contributed by atoms with E-state index in [1.165, 1.54) is 22.3 Å². The third-order valence-electron chi connectivity index (χ3n) is 9.02. The summed E-state index contributed by atoms with van der Waals surface area (Å²) < 4.78 is 10.3. The van der Waals surface area contributed by atoms with E-state index in [4.69, 9.17) is 15.2 Å². The lowest BCUT2D eigenvalue weighted by Crippen LogP contribution is -2.31. The number of fused-ring (bicyclic) bond motifs is 4. The normalized spacial score (nSPS) is 19.4. The Morgan fingerprint density at radius 1 is 0.867 bits per heavy atom. The van der Waals surface area contributed by atoms with Crippen molar-refractivity contribution in [3.8, 4) is 11.1 Å². The van der Waals surface area contributed by atoms with Gasteiger partial charge in [0.2, 0.25) is 5.91 Å². The van der Waals surface area contributed by atoms with Crippen molar-refractivity contribution in [3.63, 3.8) is 0 Å². The van der Waals surface area contributed by atoms with Crippen molar-refractivity contribution >= 4 is 23.7 Å². The Bertz CT molecular complexity index is 1690. The van der Waals surface area contributed by atoms with Crippen LogP contribution in [0.4, 0.5) is 10.5 Å². The highest BCUT2D eigenvalue weighted by Gasteiger charge is 2.55. The van der Waals surface area contributed by atoms with Gasteiger partial charge in [-0.05, 0) is 64.8 Å². The molecule has 2 fully saturated rings. The molecule has 2 atom stereocenters. The van der Waals surface area contributed by atoms with Gasteiger partial charge in [0.05, 0.1) is 18.4 Å². The molecule has 3 N–H and O–H groups in total. The molecule has 7 rings (SSSR count). The lowest BCUT2D eigenvalue weighted by molar-refractivity contribution is -0.146. The van der Waals surface area contributed by atoms with Crippen LogP contribution in [-0.4, -0.2) is 31.2 Å². The molecule has 1 heterocycles. The maximum absolute atomic E-state index is 12.4. The second-order valence-electron chi connectivity index (χ2n) is 12.0. The zero-order chi connectivity index (χ0) is 31.4. The summed E-state index contributed by atoms with van der Waals surface area (Å²) in [6.45, 7) is 4.88. The van der Waals surface area contributed by atoms with Crippen LogP contribution in [0.25, 0.3) is 11.1 Å². The molecule has 7 nitrogen and oxygen atoms in total. The number of hydrogen-bond donors (Lipinski definition) is 2. The van der Waals surface area contributed by atoms with Gasteiger partial charge in [0, 0.05) is 17.5 Å². The number of amides is 2. The van der Waals surface area contributed by atoms with Crippen molar-refractivity contribution in [2.24, 2.45) is 17.1 Å². The number of nitrogens with two attached hydrogens (primary N) is 1. The van der Waals surface area contributed by atoms with Gasteiger partial charge in [-0.15, -0.1) is 0 Å². The van der Waals surface area contributed by atoms with Crippen LogP contribution in [0, 0.1) is 11.3 Å². The summed E-state index contributed by atoms with van der Waals surface area (Å²) in [5, 5.41) is 2.93. The monoisotopic (exact) mass is 600 g/mol. The summed E-state index contributed by atoms with van der Waals surface area (Å²) in [6, 6.07) is 33.8. The van der Waals surface area contributed by atoms with Gasteiger partial charge in [-0.1, -0.05) is 103 Å². The Morgan fingerprint density at radius 3 is 2.13 bits per heavy atom. The molecule has 0 spiro atoms. The maximum atomic E-state index is 12.4. The summed E-state index contributed by atoms with van der Waals surface area (Å²) in [7, 11) is 0. The maximum Gasteiger partial charge on any atom is 0.404 e. The molecule has 7 heteroatoms. The number of allylic oxidation sites excluding steroid dienone is 1. The molecule has 4 aromatic carbocycles. The standard InChI is InChI=1S/C23H23NO3.C15H13NO2/c1-16-11-19-15-27-22(26)23(19,13-16)14-18-7-9-20(10-8-18)24-21(25)12-17-5-3-2-4-6-17;16-15(17)18-9-14-12-7-3-1-5-10(12)11-6-2-4-8-13(11)14/h2-10,19H,1,11-15H2,(H,24,25);1-8,14H,9H2,(H2,16,17). The van der Waals surface area contributed by atoms with Crippen LogP contribution >= 0.6 is 0 Å². The van der Waals surface area contributed by atoms with Crippen molar-refractivity contribution in [2.45, 2.75) is 31.6 Å². The Morgan fingerprint density at radius 2 is 1.49 bits per heavy atom. The van der Waals surface area contributed by atoms with E-state index in [0.717, 1.165) is 28.8 Å². The molecule has 228 valence electrons. The van der Waals surface area contributed by atoms with Gasteiger partial charge < -0.3 is 20.5 Å². The molecule has 1 aliphatic heterocycles. The van der Waals surface area contributed by atoms with E-state index in [2.05, 4.69) is 36.2 Å². The molecule has 45 heavy (non-hydrogen) atoms. The van der Waals surface area contributed by atoms with Crippen molar-refractivity contribution in [1.82, 2.24) is 0 Å². The third kappa shape index (κ3) is 6.38. The van der Waals surface area contributed by atoms with E-state index in [-0.39, 0.29) is 23.7 Å². The van der Waals surface area contributed by atoms with Gasteiger partial charge >= 0.3 is 12.1 Å². The molecule has 1 saturated heterocycles. The number of primary amides is 1. The van der Waals surface area contributed by atoms with Crippen LogP contribution in [0.1, 0.15) is 41.0 Å². The fourth-order valence-corrected chi connectivity index (χ4v) is 6.92. The zero-order valence-electron chi connectivity index (χ0n) is 25.0. The number of carbonyl (C=O) groups excluding carboxylic acids is 3. The summed E-state index contributed by atoms with van der Waals surface area (Å²) in [5.74, 6) is 0.193. The summed E-state index contributed by atoms with van der Waals surface area (Å²) in [5.41, 5.74) is 13.4. The molecule has 2 aliphatic carbocycles. The molecular formula is C38H36N2O5. The summed E-state index contributed by atoms with van der Waals surface area (Å²) in [6.07, 6.45) is 1.87. The highest BCUT2D eigenvalue weighted by Crippen LogP contribution is 2.52. The Hall–Kier alpha value is -5.17. The first-order valence-electron chi connectivity index (χ1n) is 15.2. The predicted octanol–water partition coefficient (Wildman–Crippen LogP) is 6.81. The van der Waals surface area contributed by atoms with Gasteiger partial charge in [-0.3, -0.25) is 9.59 Å². The SMILES string of the molecule is C=C1CC2COC(=O)C2(Cc2ccc(NC(=O)Cc3ccccc3)cc2)C1.NC(=O)OCC1c2ccccc2-c2ccccc21. The van der Waals surface area contributed by atoms with Gasteiger partial charge in [-0.2, -0.15) is 0 Å². The van der Waals surface area contributed by atoms with Gasteiger partial charge in [0.1, 0.15) is 6.61 Å². The van der Waals surface area contributed by atoms with Crippen molar-refractivity contribution in [1.29, 1.82) is 0 Å². The van der Waals surface area contributed by atoms with E-state index < -0.39 is 11.5 Å². The number of cyclic esters (lactones) is 1. The molecule has 2 unspecified atom stereocenters. The number of carbonyl (C=O) groups is 3. The number of anilines is 1. The molecule has 0 radical (unpaired) electrons. The fourth-order valence-electron chi connectivity index (χ4n) is 6.92. The number of nitrogens with one attached hydrogen (secondary N) is 1. The van der Waals surface area contributed by atoms with E-state index in [1.54, 1.807) is 0 Å². The second-order valence-corrected chi connectivity index (χ2v) is 12.0. The minimum Gasteiger partial charge on any atom is -0.465 e. The lowest BCUT2D eigenvalue weighted by Gasteiger charge is -2.24. The van der Waals surface area contributed by atoms with E-state index in [1.807, 2.05) is 78.9 Å². The molecule has 3 aliphatic rings. The Kier molecular flexibility index (Phi) is 8.52. The number of benzene rings is 4. The van der Waals surface area contributed by atoms with Crippen molar-refractivity contribution in [2.75, 3.05) is 18.5 Å². The first-order valence-corrected chi connectivity index (χ1v) is 15.2. The quantitative estimate of drug-likeness (QED) is 0.179. The minimum absolute atomic E-state index is 0.0425. The molecule has 0 bridgehead atoms. The van der Waals surface area contributed by atoms with Crippen LogP contribution in [0.2, 0.25) is 0 Å². The summed E-state index contributed by atoms with van der Waals surface area (Å²) in [4.78, 5) is 35.4. The molecule has 4 aromatic rings. The highest BCUT2D eigenvalue weighted by molar-refractivity contribution is 5.92. The second kappa shape index (κ2) is 12.8. The molecule has 0 aromatic heterocycles. The molecule has 2 amide bonds. The highest BCUT2D eigenvalue weighted by atomic mass is 16.5. The van der Waals surface area contributed by atoms with Crippen LogP contribution in [-0.2, 0) is 31.9 Å².